The van der Waals surface area contributed by atoms with Crippen LogP contribution >= 0.6 is 11.6 Å². The monoisotopic (exact) mass is 500 g/mol. The molecular weight excluding hydrogens is 477 g/mol. The van der Waals surface area contributed by atoms with Gasteiger partial charge >= 0.3 is 12.1 Å². The lowest BCUT2D eigenvalue weighted by Crippen LogP contribution is -2.15. The Balaban J connectivity index is 1.72. The average molecular weight is 501 g/mol. The van der Waals surface area contributed by atoms with Gasteiger partial charge in [-0.2, -0.15) is 18.3 Å². The number of halogens is 4. The number of carbonyl (C=O) groups excluding carboxylic acids is 1. The third-order valence-electron chi connectivity index (χ3n) is 5.91. The molecule has 0 radical (unpaired) electrons. The lowest BCUT2D eigenvalue weighted by atomic mass is 9.96. The van der Waals surface area contributed by atoms with E-state index in [1.807, 2.05) is 35.0 Å². The number of alkyl halides is 3. The highest BCUT2D eigenvalue weighted by Crippen LogP contribution is 2.37. The first-order valence-corrected chi connectivity index (χ1v) is 11.5. The zero-order valence-electron chi connectivity index (χ0n) is 19.4. The quantitative estimate of drug-likeness (QED) is 0.254. The van der Waals surface area contributed by atoms with Gasteiger partial charge in [-0.3, -0.25) is 4.68 Å². The summed E-state index contributed by atoms with van der Waals surface area (Å²) in [6.07, 6.45) is -1.89. The fourth-order valence-corrected chi connectivity index (χ4v) is 4.47. The molecule has 4 rings (SSSR count). The summed E-state index contributed by atoms with van der Waals surface area (Å²) in [6.45, 7) is 4.26. The highest BCUT2D eigenvalue weighted by atomic mass is 35.5. The number of aromatic nitrogens is 2. The molecule has 0 unspecified atom stereocenters. The Morgan fingerprint density at radius 2 is 1.77 bits per heavy atom. The molecule has 4 nitrogen and oxygen atoms in total. The zero-order chi connectivity index (χ0) is 25.3. The summed E-state index contributed by atoms with van der Waals surface area (Å²) in [4.78, 5) is 11.8. The van der Waals surface area contributed by atoms with Gasteiger partial charge in [-0.1, -0.05) is 49.7 Å². The van der Waals surface area contributed by atoms with Gasteiger partial charge in [-0.05, 0) is 59.9 Å². The summed E-state index contributed by atoms with van der Waals surface area (Å²) in [6, 6.07) is 16.2. The van der Waals surface area contributed by atoms with Gasteiger partial charge in [0.25, 0.3) is 0 Å². The molecule has 35 heavy (non-hydrogen) atoms. The first-order chi connectivity index (χ1) is 16.6. The Labute approximate surface area is 206 Å². The van der Waals surface area contributed by atoms with Crippen LogP contribution in [-0.2, 0) is 10.9 Å². The van der Waals surface area contributed by atoms with E-state index in [9.17, 15) is 18.0 Å². The maximum Gasteiger partial charge on any atom is 0.416 e. The van der Waals surface area contributed by atoms with Gasteiger partial charge in [-0.15, -0.1) is 0 Å². The Bertz CT molecular complexity index is 1360. The minimum absolute atomic E-state index is 0.0370. The number of hydrogen-bond donors (Lipinski definition) is 0. The molecule has 0 bridgehead atoms. The molecule has 0 saturated carbocycles. The van der Waals surface area contributed by atoms with Gasteiger partial charge in [-0.25, -0.2) is 4.79 Å². The first kappa shape index (κ1) is 24.8. The van der Waals surface area contributed by atoms with Gasteiger partial charge < -0.3 is 4.74 Å². The molecule has 4 aromatic rings. The predicted octanol–water partition coefficient (Wildman–Crippen LogP) is 7.80. The summed E-state index contributed by atoms with van der Waals surface area (Å²) in [5.74, 6) is -0.0132. The Morgan fingerprint density at radius 3 is 2.37 bits per heavy atom. The SMILES string of the molecule is COC(=O)c1ccc([C@@H](CC(C)C)n2ncc3cc(-c4ccc(C(F)(F)F)cc4Cl)ccc32)cc1. The molecule has 0 aliphatic heterocycles. The van der Waals surface area contributed by atoms with Crippen LogP contribution in [0.15, 0.2) is 66.9 Å². The van der Waals surface area contributed by atoms with Crippen molar-refractivity contribution in [2.75, 3.05) is 7.11 Å². The van der Waals surface area contributed by atoms with Crippen LogP contribution in [0.4, 0.5) is 13.2 Å². The molecule has 0 saturated heterocycles. The van der Waals surface area contributed by atoms with E-state index in [1.54, 1.807) is 18.3 Å². The molecule has 0 N–H and O–H groups in total. The maximum atomic E-state index is 13.0. The van der Waals surface area contributed by atoms with Crippen molar-refractivity contribution in [3.8, 4) is 11.1 Å². The van der Waals surface area contributed by atoms with Crippen molar-refractivity contribution in [2.24, 2.45) is 5.92 Å². The number of esters is 1. The number of nitrogens with zero attached hydrogens (tertiary/aromatic N) is 2. The molecule has 1 aromatic heterocycles. The van der Waals surface area contributed by atoms with E-state index >= 15 is 0 Å². The number of methoxy groups -OCH3 is 1. The summed E-state index contributed by atoms with van der Waals surface area (Å²) in [5.41, 5.74) is 2.81. The minimum atomic E-state index is -4.45. The van der Waals surface area contributed by atoms with Crippen LogP contribution in [0.2, 0.25) is 5.02 Å². The molecule has 0 amide bonds. The molecular formula is C27H24ClF3N2O2. The van der Waals surface area contributed by atoms with E-state index < -0.39 is 17.7 Å². The van der Waals surface area contributed by atoms with Crippen molar-refractivity contribution < 1.29 is 22.7 Å². The summed E-state index contributed by atoms with van der Waals surface area (Å²) < 4.78 is 45.8. The van der Waals surface area contributed by atoms with Crippen LogP contribution in [-0.4, -0.2) is 22.9 Å². The molecule has 8 heteroatoms. The van der Waals surface area contributed by atoms with Crippen molar-refractivity contribution in [2.45, 2.75) is 32.5 Å². The van der Waals surface area contributed by atoms with Crippen LogP contribution < -0.4 is 0 Å². The number of fused-ring (bicyclic) bond motifs is 1. The fourth-order valence-electron chi connectivity index (χ4n) is 4.18. The summed E-state index contributed by atoms with van der Waals surface area (Å²) in [7, 11) is 1.35. The van der Waals surface area contributed by atoms with E-state index in [0.29, 0.717) is 22.6 Å². The minimum Gasteiger partial charge on any atom is -0.465 e. The van der Waals surface area contributed by atoms with Crippen molar-refractivity contribution >= 4 is 28.5 Å². The lowest BCUT2D eigenvalue weighted by molar-refractivity contribution is -0.137. The van der Waals surface area contributed by atoms with E-state index in [4.69, 9.17) is 16.3 Å². The molecule has 182 valence electrons. The second kappa shape index (κ2) is 9.74. The van der Waals surface area contributed by atoms with Crippen LogP contribution in [0.1, 0.15) is 47.8 Å². The van der Waals surface area contributed by atoms with Crippen LogP contribution in [0.25, 0.3) is 22.0 Å². The number of benzene rings is 3. The average Bonchev–Trinajstić information content (AvgIpc) is 3.24. The largest absolute Gasteiger partial charge is 0.465 e. The normalized spacial score (nSPS) is 12.8. The summed E-state index contributed by atoms with van der Waals surface area (Å²) in [5, 5.41) is 5.53. The molecule has 0 aliphatic carbocycles. The van der Waals surface area contributed by atoms with Crippen LogP contribution in [0.5, 0.6) is 0 Å². The highest BCUT2D eigenvalue weighted by molar-refractivity contribution is 6.33. The molecule has 0 fully saturated rings. The van der Waals surface area contributed by atoms with Crippen LogP contribution in [0.3, 0.4) is 0 Å². The van der Waals surface area contributed by atoms with E-state index in [2.05, 4.69) is 18.9 Å². The Hall–Kier alpha value is -3.32. The molecule has 1 atom stereocenters. The van der Waals surface area contributed by atoms with E-state index in [0.717, 1.165) is 35.0 Å². The van der Waals surface area contributed by atoms with E-state index in [-0.39, 0.29) is 11.1 Å². The van der Waals surface area contributed by atoms with Gasteiger partial charge in [0, 0.05) is 16.0 Å². The standard InChI is InChI=1S/C27H24ClF3N2O2/c1-16(2)12-25(17-4-6-18(7-5-17)26(34)35-3)33-24-11-8-19(13-20(24)15-32-33)22-10-9-21(14-23(22)28)27(29,30)31/h4-11,13-16,25H,12H2,1-3H3/t25-/m1/s1. The predicted molar refractivity (Wildman–Crippen MR) is 131 cm³/mol. The Kier molecular flexibility index (Phi) is 6.90. The third kappa shape index (κ3) is 5.20. The van der Waals surface area contributed by atoms with Crippen molar-refractivity contribution in [3.05, 3.63) is 88.6 Å². The number of carbonyl (C=O) groups is 1. The smallest absolute Gasteiger partial charge is 0.416 e. The summed E-state index contributed by atoms with van der Waals surface area (Å²) >= 11 is 6.21. The first-order valence-electron chi connectivity index (χ1n) is 11.1. The van der Waals surface area contributed by atoms with Crippen molar-refractivity contribution in [3.63, 3.8) is 0 Å². The van der Waals surface area contributed by atoms with Gasteiger partial charge in [0.1, 0.15) is 0 Å². The highest BCUT2D eigenvalue weighted by Gasteiger charge is 2.31. The molecule has 1 heterocycles. The van der Waals surface area contributed by atoms with Gasteiger partial charge in [0.05, 0.1) is 36.0 Å². The van der Waals surface area contributed by atoms with Crippen molar-refractivity contribution in [1.82, 2.24) is 9.78 Å². The fraction of sp³-hybridized carbons (Fsp3) is 0.259. The number of rotatable bonds is 6. The molecule has 0 aliphatic rings. The third-order valence-corrected chi connectivity index (χ3v) is 6.22. The number of ether oxygens (including phenoxy) is 1. The number of hydrogen-bond acceptors (Lipinski definition) is 3. The van der Waals surface area contributed by atoms with E-state index in [1.165, 1.54) is 13.2 Å². The lowest BCUT2D eigenvalue weighted by Gasteiger charge is -2.21. The van der Waals surface area contributed by atoms with Gasteiger partial charge in [0.2, 0.25) is 0 Å². The Morgan fingerprint density at radius 1 is 1.06 bits per heavy atom. The molecule has 0 spiro atoms. The second-order valence-electron chi connectivity index (χ2n) is 8.81. The second-order valence-corrected chi connectivity index (χ2v) is 9.22. The van der Waals surface area contributed by atoms with Crippen LogP contribution in [0, 0.1) is 5.92 Å². The molecule has 3 aromatic carbocycles. The topological polar surface area (TPSA) is 44.1 Å². The van der Waals surface area contributed by atoms with Gasteiger partial charge in [0.15, 0.2) is 0 Å². The zero-order valence-corrected chi connectivity index (χ0v) is 20.2. The maximum absolute atomic E-state index is 13.0. The van der Waals surface area contributed by atoms with Crippen molar-refractivity contribution in [1.29, 1.82) is 0 Å².